The van der Waals surface area contributed by atoms with Crippen molar-refractivity contribution in [1.29, 1.82) is 0 Å². The first-order chi connectivity index (χ1) is 12.7. The summed E-state index contributed by atoms with van der Waals surface area (Å²) < 4.78 is 43.3. The van der Waals surface area contributed by atoms with Crippen molar-refractivity contribution in [3.8, 4) is 5.75 Å². The number of anilines is 2. The Morgan fingerprint density at radius 2 is 1.89 bits per heavy atom. The molecular formula is C17H22F3IN6O. The lowest BCUT2D eigenvalue weighted by Crippen LogP contribution is -2.24. The third kappa shape index (κ3) is 8.15. The maximum absolute atomic E-state index is 12.6. The van der Waals surface area contributed by atoms with Gasteiger partial charge in [0.15, 0.2) is 5.96 Å². The topological polar surface area (TPSA) is 97.5 Å². The van der Waals surface area contributed by atoms with E-state index in [4.69, 9.17) is 10.5 Å². The molecule has 4 N–H and O–H groups in total. The number of ether oxygens (including phenoxy) is 1. The van der Waals surface area contributed by atoms with E-state index in [1.54, 1.807) is 12.1 Å². The maximum atomic E-state index is 12.6. The quantitative estimate of drug-likeness (QED) is 0.227. The van der Waals surface area contributed by atoms with Crippen LogP contribution >= 0.6 is 24.0 Å². The van der Waals surface area contributed by atoms with Crippen molar-refractivity contribution in [3.05, 3.63) is 42.2 Å². The molecule has 28 heavy (non-hydrogen) atoms. The number of guanidine groups is 1. The zero-order chi connectivity index (χ0) is 19.9. The summed E-state index contributed by atoms with van der Waals surface area (Å²) in [6.45, 7) is 4.34. The predicted molar refractivity (Wildman–Crippen MR) is 113 cm³/mol. The summed E-state index contributed by atoms with van der Waals surface area (Å²) in [7, 11) is 0. The van der Waals surface area contributed by atoms with Crippen molar-refractivity contribution in [3.63, 3.8) is 0 Å². The molecule has 0 aliphatic carbocycles. The van der Waals surface area contributed by atoms with Crippen LogP contribution in [0.5, 0.6) is 5.75 Å². The molecule has 7 nitrogen and oxygen atoms in total. The summed E-state index contributed by atoms with van der Waals surface area (Å²) in [6, 6.07) is 8.02. The molecule has 1 aromatic carbocycles. The molecule has 0 atom stereocenters. The number of aromatic nitrogens is 2. The van der Waals surface area contributed by atoms with Gasteiger partial charge in [0.2, 0.25) is 5.95 Å². The van der Waals surface area contributed by atoms with Crippen LogP contribution in [-0.2, 0) is 6.18 Å². The number of nitrogens with one attached hydrogen (secondary N) is 2. The number of halogens is 4. The van der Waals surface area contributed by atoms with E-state index in [1.807, 2.05) is 26.0 Å². The van der Waals surface area contributed by atoms with E-state index in [1.165, 1.54) is 0 Å². The largest absolute Gasteiger partial charge is 0.491 e. The number of aliphatic imine (C=N–C) groups is 1. The van der Waals surface area contributed by atoms with Crippen molar-refractivity contribution >= 4 is 41.6 Å². The molecule has 2 aromatic rings. The summed E-state index contributed by atoms with van der Waals surface area (Å²) in [5, 5.41) is 5.59. The van der Waals surface area contributed by atoms with Gasteiger partial charge < -0.3 is 21.1 Å². The first-order valence-corrected chi connectivity index (χ1v) is 8.22. The molecule has 1 aromatic heterocycles. The van der Waals surface area contributed by atoms with E-state index in [0.717, 1.165) is 23.7 Å². The van der Waals surface area contributed by atoms with Crippen molar-refractivity contribution in [2.75, 3.05) is 23.7 Å². The molecule has 0 radical (unpaired) electrons. The van der Waals surface area contributed by atoms with Gasteiger partial charge in [-0.1, -0.05) is 0 Å². The lowest BCUT2D eigenvalue weighted by molar-refractivity contribution is -0.141. The minimum atomic E-state index is -4.51. The lowest BCUT2D eigenvalue weighted by Gasteiger charge is -2.11. The molecule has 0 saturated heterocycles. The SMILES string of the molecule is CC(C)Oc1ccc(NC(N)=NCCNc2nccc(C(F)(F)F)n2)cc1.I. The average molecular weight is 510 g/mol. The van der Waals surface area contributed by atoms with Crippen molar-refractivity contribution in [2.24, 2.45) is 10.7 Å². The highest BCUT2D eigenvalue weighted by atomic mass is 127. The summed E-state index contributed by atoms with van der Waals surface area (Å²) in [5.41, 5.74) is 5.52. The van der Waals surface area contributed by atoms with Crippen molar-refractivity contribution in [2.45, 2.75) is 26.1 Å². The van der Waals surface area contributed by atoms with Crippen molar-refractivity contribution < 1.29 is 17.9 Å². The summed E-state index contributed by atoms with van der Waals surface area (Å²) >= 11 is 0. The molecule has 0 unspecified atom stereocenters. The third-order valence-corrected chi connectivity index (χ3v) is 3.12. The molecule has 154 valence electrons. The van der Waals surface area contributed by atoms with Gasteiger partial charge in [-0.05, 0) is 44.2 Å². The number of rotatable bonds is 7. The van der Waals surface area contributed by atoms with Crippen LogP contribution in [0, 0.1) is 0 Å². The van der Waals surface area contributed by atoms with E-state index < -0.39 is 11.9 Å². The Morgan fingerprint density at radius 3 is 2.50 bits per heavy atom. The Labute approximate surface area is 178 Å². The number of alkyl halides is 3. The molecule has 0 aliphatic heterocycles. The Bertz CT molecular complexity index is 768. The number of nitrogens with zero attached hydrogens (tertiary/aromatic N) is 3. The Kier molecular flexibility index (Phi) is 9.22. The first-order valence-electron chi connectivity index (χ1n) is 8.22. The van der Waals surface area contributed by atoms with Crippen LogP contribution in [0.25, 0.3) is 0 Å². The van der Waals surface area contributed by atoms with Gasteiger partial charge in [0.05, 0.1) is 12.6 Å². The standard InChI is InChI=1S/C17H21F3N6O.HI/c1-11(2)27-13-5-3-12(4-6-13)25-15(21)22-9-10-24-16-23-8-7-14(26-16)17(18,19)20;/h3-8,11H,9-10H2,1-2H3,(H3,21,22,25)(H,23,24,26);1H. The molecule has 0 bridgehead atoms. The second-order valence-electron chi connectivity index (χ2n) is 5.77. The number of hydrogen-bond acceptors (Lipinski definition) is 5. The van der Waals surface area contributed by atoms with Crippen LogP contribution in [0.1, 0.15) is 19.5 Å². The van der Waals surface area contributed by atoms with E-state index in [9.17, 15) is 13.2 Å². The highest BCUT2D eigenvalue weighted by Gasteiger charge is 2.32. The molecule has 0 spiro atoms. The molecule has 0 fully saturated rings. The summed E-state index contributed by atoms with van der Waals surface area (Å²) in [4.78, 5) is 11.2. The molecule has 0 saturated carbocycles. The van der Waals surface area contributed by atoms with Gasteiger partial charge in [-0.2, -0.15) is 13.2 Å². The number of nitrogens with two attached hydrogens (primary N) is 1. The van der Waals surface area contributed by atoms with Gasteiger partial charge in [0.1, 0.15) is 11.4 Å². The zero-order valence-electron chi connectivity index (χ0n) is 15.3. The second kappa shape index (κ2) is 10.9. The van der Waals surface area contributed by atoms with E-state index >= 15 is 0 Å². The molecule has 2 rings (SSSR count). The minimum absolute atomic E-state index is 0. The normalized spacial score (nSPS) is 11.7. The Morgan fingerprint density at radius 1 is 1.21 bits per heavy atom. The monoisotopic (exact) mass is 510 g/mol. The van der Waals surface area contributed by atoms with Crippen LogP contribution in [0.3, 0.4) is 0 Å². The van der Waals surface area contributed by atoms with Gasteiger partial charge in [0, 0.05) is 18.4 Å². The maximum Gasteiger partial charge on any atom is 0.433 e. The van der Waals surface area contributed by atoms with Gasteiger partial charge in [-0.3, -0.25) is 4.99 Å². The van der Waals surface area contributed by atoms with Gasteiger partial charge in [0.25, 0.3) is 0 Å². The van der Waals surface area contributed by atoms with E-state index in [-0.39, 0.29) is 55.1 Å². The van der Waals surface area contributed by atoms with E-state index in [0.29, 0.717) is 0 Å². The van der Waals surface area contributed by atoms with Crippen LogP contribution < -0.4 is 21.1 Å². The fraction of sp³-hybridized carbons (Fsp3) is 0.353. The van der Waals surface area contributed by atoms with Crippen molar-refractivity contribution in [1.82, 2.24) is 9.97 Å². The average Bonchev–Trinajstić information content (AvgIpc) is 2.59. The lowest BCUT2D eigenvalue weighted by atomic mass is 10.3. The Hall–Kier alpha value is -2.31. The highest BCUT2D eigenvalue weighted by molar-refractivity contribution is 14.0. The molecule has 0 amide bonds. The smallest absolute Gasteiger partial charge is 0.433 e. The molecule has 0 aliphatic rings. The van der Waals surface area contributed by atoms with Crippen LogP contribution in [0.15, 0.2) is 41.5 Å². The van der Waals surface area contributed by atoms with Gasteiger partial charge in [-0.15, -0.1) is 24.0 Å². The Balaban J connectivity index is 0.00000392. The number of benzene rings is 1. The van der Waals surface area contributed by atoms with Gasteiger partial charge in [-0.25, -0.2) is 9.97 Å². The van der Waals surface area contributed by atoms with Crippen LogP contribution in [0.4, 0.5) is 24.8 Å². The summed E-state index contributed by atoms with van der Waals surface area (Å²) in [5.74, 6) is 0.808. The van der Waals surface area contributed by atoms with E-state index in [2.05, 4.69) is 25.6 Å². The van der Waals surface area contributed by atoms with Gasteiger partial charge >= 0.3 is 6.18 Å². The molecule has 11 heteroatoms. The predicted octanol–water partition coefficient (Wildman–Crippen LogP) is 3.74. The highest BCUT2D eigenvalue weighted by Crippen LogP contribution is 2.27. The summed E-state index contributed by atoms with van der Waals surface area (Å²) in [6.07, 6.45) is -3.38. The zero-order valence-corrected chi connectivity index (χ0v) is 17.7. The minimum Gasteiger partial charge on any atom is -0.491 e. The fourth-order valence-electron chi connectivity index (χ4n) is 2.02. The third-order valence-electron chi connectivity index (χ3n) is 3.12. The van der Waals surface area contributed by atoms with Crippen LogP contribution in [0.2, 0.25) is 0 Å². The number of hydrogen-bond donors (Lipinski definition) is 3. The fourth-order valence-corrected chi connectivity index (χ4v) is 2.02. The second-order valence-corrected chi connectivity index (χ2v) is 5.77. The first kappa shape index (κ1) is 23.7. The molecule has 1 heterocycles. The van der Waals surface area contributed by atoms with Crippen LogP contribution in [-0.4, -0.2) is 35.1 Å². The molecular weight excluding hydrogens is 488 g/mol.